The third-order valence-electron chi connectivity index (χ3n) is 3.24. The van der Waals surface area contributed by atoms with Gasteiger partial charge in [0.15, 0.2) is 10.9 Å². The summed E-state index contributed by atoms with van der Waals surface area (Å²) in [6, 6.07) is 12.6. The second-order valence-electron chi connectivity index (χ2n) is 5.42. The Morgan fingerprint density at radius 3 is 2.22 bits per heavy atom. The van der Waals surface area contributed by atoms with E-state index in [1.807, 2.05) is 19.9 Å². The van der Waals surface area contributed by atoms with E-state index in [2.05, 4.69) is 10.6 Å². The van der Waals surface area contributed by atoms with Gasteiger partial charge in [0.2, 0.25) is 0 Å². The second kappa shape index (κ2) is 7.15. The zero-order valence-electron chi connectivity index (χ0n) is 13.3. The molecule has 1 amide bonds. The molecule has 0 heterocycles. The Hall–Kier alpha value is -2.53. The molecule has 0 spiro atoms. The van der Waals surface area contributed by atoms with E-state index in [-0.39, 0.29) is 16.8 Å². The summed E-state index contributed by atoms with van der Waals surface area (Å²) < 4.78 is 0. The van der Waals surface area contributed by atoms with Crippen molar-refractivity contribution in [1.82, 2.24) is 5.32 Å². The Labute approximate surface area is 140 Å². The standard InChI is InChI=1S/C18H18N2O2S/c1-11-7-12(2)9-15(8-11)17(22)20-18(23)19-16-6-4-5-14(10-16)13(3)21/h4-10H,1-3H3,(H2,19,20,22,23). The van der Waals surface area contributed by atoms with Gasteiger partial charge in [-0.05, 0) is 57.3 Å². The molecule has 0 saturated heterocycles. The SMILES string of the molecule is CC(=O)c1cccc(NC(=S)NC(=O)c2cc(C)cc(C)c2)c1. The smallest absolute Gasteiger partial charge is 0.257 e. The van der Waals surface area contributed by atoms with Gasteiger partial charge in [-0.3, -0.25) is 14.9 Å². The van der Waals surface area contributed by atoms with Crippen LogP contribution in [-0.4, -0.2) is 16.8 Å². The minimum absolute atomic E-state index is 0.0289. The number of thiocarbonyl (C=S) groups is 1. The average Bonchev–Trinajstić information content (AvgIpc) is 2.46. The van der Waals surface area contributed by atoms with Crippen LogP contribution in [0, 0.1) is 13.8 Å². The molecule has 2 rings (SSSR count). The predicted molar refractivity (Wildman–Crippen MR) is 96.0 cm³/mol. The number of aryl methyl sites for hydroxylation is 2. The van der Waals surface area contributed by atoms with Crippen molar-refractivity contribution in [1.29, 1.82) is 0 Å². The van der Waals surface area contributed by atoms with Gasteiger partial charge in [-0.25, -0.2) is 0 Å². The molecule has 0 fully saturated rings. The lowest BCUT2D eigenvalue weighted by molar-refractivity contribution is 0.0975. The molecule has 0 aromatic heterocycles. The highest BCUT2D eigenvalue weighted by Crippen LogP contribution is 2.12. The molecule has 2 aromatic carbocycles. The summed E-state index contributed by atoms with van der Waals surface area (Å²) in [4.78, 5) is 23.6. The first-order chi connectivity index (χ1) is 10.8. The van der Waals surface area contributed by atoms with Crippen LogP contribution in [0.1, 0.15) is 38.8 Å². The minimum Gasteiger partial charge on any atom is -0.332 e. The number of ketones is 1. The van der Waals surface area contributed by atoms with Crippen molar-refractivity contribution in [3.63, 3.8) is 0 Å². The number of nitrogens with one attached hydrogen (secondary N) is 2. The molecule has 0 aliphatic heterocycles. The van der Waals surface area contributed by atoms with Crippen LogP contribution in [0.15, 0.2) is 42.5 Å². The lowest BCUT2D eigenvalue weighted by Gasteiger charge is -2.11. The zero-order chi connectivity index (χ0) is 17.0. The van der Waals surface area contributed by atoms with Crippen molar-refractivity contribution in [2.75, 3.05) is 5.32 Å². The lowest BCUT2D eigenvalue weighted by Crippen LogP contribution is -2.34. The van der Waals surface area contributed by atoms with Crippen LogP contribution < -0.4 is 10.6 Å². The van der Waals surface area contributed by atoms with Gasteiger partial charge in [-0.15, -0.1) is 0 Å². The first kappa shape index (κ1) is 16.8. The number of benzene rings is 2. The fourth-order valence-electron chi connectivity index (χ4n) is 2.26. The second-order valence-corrected chi connectivity index (χ2v) is 5.83. The molecule has 0 bridgehead atoms. The maximum Gasteiger partial charge on any atom is 0.257 e. The fraction of sp³-hybridized carbons (Fsp3) is 0.167. The van der Waals surface area contributed by atoms with Crippen LogP contribution in [0.3, 0.4) is 0 Å². The summed E-state index contributed by atoms with van der Waals surface area (Å²) in [5, 5.41) is 5.75. The molecule has 2 aromatic rings. The van der Waals surface area contributed by atoms with E-state index >= 15 is 0 Å². The van der Waals surface area contributed by atoms with Gasteiger partial charge in [0.1, 0.15) is 0 Å². The first-order valence-corrected chi connectivity index (χ1v) is 7.57. The van der Waals surface area contributed by atoms with Gasteiger partial charge >= 0.3 is 0 Å². The van der Waals surface area contributed by atoms with E-state index in [9.17, 15) is 9.59 Å². The minimum atomic E-state index is -0.267. The summed E-state index contributed by atoms with van der Waals surface area (Å²) in [6.45, 7) is 5.38. The topological polar surface area (TPSA) is 58.2 Å². The monoisotopic (exact) mass is 326 g/mol. The van der Waals surface area contributed by atoms with Crippen LogP contribution in [0.4, 0.5) is 5.69 Å². The van der Waals surface area contributed by atoms with Crippen molar-refractivity contribution in [3.05, 3.63) is 64.7 Å². The van der Waals surface area contributed by atoms with Crippen molar-refractivity contribution in [2.45, 2.75) is 20.8 Å². The summed E-state index contributed by atoms with van der Waals surface area (Å²) >= 11 is 5.16. The van der Waals surface area contributed by atoms with E-state index in [0.29, 0.717) is 16.8 Å². The van der Waals surface area contributed by atoms with Crippen molar-refractivity contribution < 1.29 is 9.59 Å². The largest absolute Gasteiger partial charge is 0.332 e. The number of carbonyl (C=O) groups is 2. The lowest BCUT2D eigenvalue weighted by atomic mass is 10.1. The van der Waals surface area contributed by atoms with Gasteiger partial charge in [-0.1, -0.05) is 29.3 Å². The number of hydrogen-bond donors (Lipinski definition) is 2. The first-order valence-electron chi connectivity index (χ1n) is 7.17. The average molecular weight is 326 g/mol. The van der Waals surface area contributed by atoms with Gasteiger partial charge in [0.05, 0.1) is 0 Å². The molecule has 0 aliphatic rings. The molecule has 4 nitrogen and oxygen atoms in total. The van der Waals surface area contributed by atoms with E-state index in [1.165, 1.54) is 6.92 Å². The van der Waals surface area contributed by atoms with Gasteiger partial charge in [0, 0.05) is 16.8 Å². The predicted octanol–water partition coefficient (Wildman–Crippen LogP) is 3.63. The third-order valence-corrected chi connectivity index (χ3v) is 3.44. The molecule has 2 N–H and O–H groups in total. The number of amides is 1. The number of carbonyl (C=O) groups excluding carboxylic acids is 2. The van der Waals surface area contributed by atoms with E-state index in [0.717, 1.165) is 11.1 Å². The molecule has 0 aliphatic carbocycles. The number of hydrogen-bond acceptors (Lipinski definition) is 3. The van der Waals surface area contributed by atoms with Crippen LogP contribution in [0.2, 0.25) is 0 Å². The van der Waals surface area contributed by atoms with Gasteiger partial charge in [0.25, 0.3) is 5.91 Å². The van der Waals surface area contributed by atoms with Crippen molar-refractivity contribution >= 4 is 34.7 Å². The fourth-order valence-corrected chi connectivity index (χ4v) is 2.47. The maximum absolute atomic E-state index is 12.2. The maximum atomic E-state index is 12.2. The number of Topliss-reactive ketones (excluding diaryl/α,β-unsaturated/α-hetero) is 1. The molecule has 0 radical (unpaired) electrons. The van der Waals surface area contributed by atoms with Crippen LogP contribution in [0.5, 0.6) is 0 Å². The van der Waals surface area contributed by atoms with Gasteiger partial charge < -0.3 is 5.32 Å². The molecule has 5 heteroatoms. The Balaban J connectivity index is 2.05. The van der Waals surface area contributed by atoms with Crippen LogP contribution in [0.25, 0.3) is 0 Å². The number of rotatable bonds is 3. The van der Waals surface area contributed by atoms with Crippen molar-refractivity contribution in [3.8, 4) is 0 Å². The highest BCUT2D eigenvalue weighted by Gasteiger charge is 2.09. The highest BCUT2D eigenvalue weighted by molar-refractivity contribution is 7.80. The molecule has 0 atom stereocenters. The Bertz CT molecular complexity index is 764. The Morgan fingerprint density at radius 1 is 0.957 bits per heavy atom. The highest BCUT2D eigenvalue weighted by atomic mass is 32.1. The summed E-state index contributed by atoms with van der Waals surface area (Å²) in [7, 11) is 0. The van der Waals surface area contributed by atoms with Crippen LogP contribution >= 0.6 is 12.2 Å². The summed E-state index contributed by atoms with van der Waals surface area (Å²) in [5.74, 6) is -0.295. The quantitative estimate of drug-likeness (QED) is 0.668. The molecule has 0 saturated carbocycles. The summed E-state index contributed by atoms with van der Waals surface area (Å²) in [5.41, 5.74) is 3.83. The molecular formula is C18H18N2O2S. The zero-order valence-corrected chi connectivity index (χ0v) is 14.1. The van der Waals surface area contributed by atoms with E-state index in [4.69, 9.17) is 12.2 Å². The normalized spacial score (nSPS) is 10.0. The summed E-state index contributed by atoms with van der Waals surface area (Å²) in [6.07, 6.45) is 0. The number of anilines is 1. The molecule has 0 unspecified atom stereocenters. The van der Waals surface area contributed by atoms with Gasteiger partial charge in [-0.2, -0.15) is 0 Å². The van der Waals surface area contributed by atoms with Crippen molar-refractivity contribution in [2.24, 2.45) is 0 Å². The van der Waals surface area contributed by atoms with E-state index in [1.54, 1.807) is 36.4 Å². The Kier molecular flexibility index (Phi) is 5.24. The molecule has 23 heavy (non-hydrogen) atoms. The molecule has 118 valence electrons. The molecular weight excluding hydrogens is 308 g/mol. The van der Waals surface area contributed by atoms with E-state index < -0.39 is 0 Å². The third kappa shape index (κ3) is 4.72. The Morgan fingerprint density at radius 2 is 1.61 bits per heavy atom. The van der Waals surface area contributed by atoms with Crippen LogP contribution in [-0.2, 0) is 0 Å².